The van der Waals surface area contributed by atoms with Crippen molar-refractivity contribution in [3.63, 3.8) is 0 Å². The predicted molar refractivity (Wildman–Crippen MR) is 171 cm³/mol. The average molecular weight is 632 g/mol. The molecule has 1 N–H and O–H groups in total. The molecule has 3 heterocycles. The van der Waals surface area contributed by atoms with Crippen LogP contribution in [-0.2, 0) is 14.8 Å². The van der Waals surface area contributed by atoms with E-state index in [0.29, 0.717) is 42.6 Å². The van der Waals surface area contributed by atoms with Crippen LogP contribution in [0.25, 0.3) is 11.3 Å². The van der Waals surface area contributed by atoms with Crippen LogP contribution < -0.4 is 9.46 Å². The van der Waals surface area contributed by atoms with E-state index in [9.17, 15) is 18.0 Å². The number of ether oxygens (including phenoxy) is 1. The van der Waals surface area contributed by atoms with Crippen molar-refractivity contribution in [3.05, 3.63) is 65.2 Å². The van der Waals surface area contributed by atoms with Crippen LogP contribution in [0.15, 0.2) is 53.4 Å². The second-order valence-corrected chi connectivity index (χ2v) is 14.9. The van der Waals surface area contributed by atoms with Crippen LogP contribution >= 0.6 is 0 Å². The lowest BCUT2D eigenvalue weighted by atomic mass is 9.98. The van der Waals surface area contributed by atoms with Gasteiger partial charge in [0.05, 0.1) is 16.6 Å². The molecule has 1 saturated carbocycles. The van der Waals surface area contributed by atoms with Gasteiger partial charge in [-0.25, -0.2) is 18.1 Å². The maximum atomic E-state index is 14.5. The Labute approximate surface area is 265 Å². The third-order valence-electron chi connectivity index (χ3n) is 9.42. The van der Waals surface area contributed by atoms with Crippen LogP contribution in [0, 0.1) is 31.6 Å². The normalized spacial score (nSPS) is 24.3. The van der Waals surface area contributed by atoms with E-state index in [1.807, 2.05) is 41.8 Å². The Morgan fingerprint density at radius 3 is 2.33 bits per heavy atom. The van der Waals surface area contributed by atoms with E-state index in [0.717, 1.165) is 29.5 Å². The highest BCUT2D eigenvalue weighted by molar-refractivity contribution is 7.92. The highest BCUT2D eigenvalue weighted by atomic mass is 32.2. The monoisotopic (exact) mass is 631 g/mol. The van der Waals surface area contributed by atoms with Crippen molar-refractivity contribution in [3.8, 4) is 17.1 Å². The zero-order chi connectivity index (χ0) is 32.0. The summed E-state index contributed by atoms with van der Waals surface area (Å²) < 4.78 is 36.2. The third-order valence-corrected chi connectivity index (χ3v) is 10.7. The Balaban J connectivity index is 1.44. The number of sulfonamides is 1. The highest BCUT2D eigenvalue weighted by Crippen LogP contribution is 2.42. The highest BCUT2D eigenvalue weighted by Gasteiger charge is 2.46. The maximum Gasteiger partial charge on any atom is 0.264 e. The van der Waals surface area contributed by atoms with Gasteiger partial charge in [-0.05, 0) is 80.2 Å². The molecule has 1 aliphatic carbocycles. The summed E-state index contributed by atoms with van der Waals surface area (Å²) in [5.74, 6) is 0.891. The van der Waals surface area contributed by atoms with Gasteiger partial charge in [0.2, 0.25) is 17.7 Å². The molecule has 6 rings (SSSR count). The number of aromatic nitrogens is 2. The first-order valence-electron chi connectivity index (χ1n) is 15.7. The number of aryl methyl sites for hydroxylation is 2. The van der Waals surface area contributed by atoms with Gasteiger partial charge < -0.3 is 14.5 Å². The molecule has 1 aromatic heterocycles. The van der Waals surface area contributed by atoms with Crippen LogP contribution in [0.3, 0.4) is 0 Å². The van der Waals surface area contributed by atoms with Gasteiger partial charge in [0.1, 0.15) is 6.61 Å². The van der Waals surface area contributed by atoms with Crippen molar-refractivity contribution in [2.75, 3.05) is 24.4 Å². The van der Waals surface area contributed by atoms with E-state index in [4.69, 9.17) is 4.74 Å². The first-order valence-corrected chi connectivity index (χ1v) is 17.2. The second-order valence-electron chi connectivity index (χ2n) is 13.2. The third kappa shape index (κ3) is 6.27. The minimum Gasteiger partial charge on any atom is -0.475 e. The van der Waals surface area contributed by atoms with Crippen molar-refractivity contribution in [1.82, 2.24) is 19.8 Å². The summed E-state index contributed by atoms with van der Waals surface area (Å²) in [4.78, 5) is 39.4. The van der Waals surface area contributed by atoms with Gasteiger partial charge in [0, 0.05) is 43.2 Å². The van der Waals surface area contributed by atoms with E-state index in [1.165, 1.54) is 12.1 Å². The van der Waals surface area contributed by atoms with E-state index in [2.05, 4.69) is 28.5 Å². The van der Waals surface area contributed by atoms with Crippen molar-refractivity contribution >= 4 is 27.8 Å². The van der Waals surface area contributed by atoms with E-state index >= 15 is 0 Å². The van der Waals surface area contributed by atoms with Crippen molar-refractivity contribution < 1.29 is 22.7 Å². The van der Waals surface area contributed by atoms with Gasteiger partial charge >= 0.3 is 0 Å². The number of fused-ring (bicyclic) bond motifs is 5. The molecule has 1 saturated heterocycles. The number of likely N-dealkylation sites (tertiary alicyclic amines) is 1. The number of amides is 2. The molecule has 4 atom stereocenters. The summed E-state index contributed by atoms with van der Waals surface area (Å²) in [5.41, 5.74) is 3.71. The van der Waals surface area contributed by atoms with E-state index in [-0.39, 0.29) is 53.1 Å². The zero-order valence-electron chi connectivity index (χ0n) is 26.5. The van der Waals surface area contributed by atoms with Gasteiger partial charge in [-0.2, -0.15) is 4.98 Å². The molecule has 2 aromatic carbocycles. The molecule has 0 radical (unpaired) electrons. The fraction of sp³-hybridized carbons (Fsp3) is 0.471. The number of nitrogens with zero attached hydrogens (tertiary/aromatic N) is 4. The molecule has 45 heavy (non-hydrogen) atoms. The number of hydrogen-bond donors (Lipinski definition) is 1. The van der Waals surface area contributed by atoms with Gasteiger partial charge in [0.25, 0.3) is 15.9 Å². The van der Waals surface area contributed by atoms with Gasteiger partial charge in [-0.15, -0.1) is 0 Å². The number of anilines is 1. The summed E-state index contributed by atoms with van der Waals surface area (Å²) in [6, 6.07) is 13.5. The molecule has 238 valence electrons. The number of carbonyl (C=O) groups excluding carboxylic acids is 2. The van der Waals surface area contributed by atoms with E-state index in [1.54, 1.807) is 25.1 Å². The number of nitrogens with one attached hydrogen (secondary N) is 1. The van der Waals surface area contributed by atoms with Crippen LogP contribution in [0.1, 0.15) is 61.5 Å². The van der Waals surface area contributed by atoms with Gasteiger partial charge in [-0.3, -0.25) is 9.59 Å². The summed E-state index contributed by atoms with van der Waals surface area (Å²) in [7, 11) is -4.14. The lowest BCUT2D eigenvalue weighted by molar-refractivity contribution is -0.128. The Bertz CT molecular complexity index is 1710. The van der Waals surface area contributed by atoms with Crippen molar-refractivity contribution in [2.24, 2.45) is 17.8 Å². The first kappa shape index (κ1) is 31.0. The molecular formula is C34H41N5O5S. The molecule has 4 bridgehead atoms. The second kappa shape index (κ2) is 12.1. The average Bonchev–Trinajstić information content (AvgIpc) is 3.55. The first-order chi connectivity index (χ1) is 21.4. The maximum absolute atomic E-state index is 14.5. The number of rotatable bonds is 4. The van der Waals surface area contributed by atoms with Crippen molar-refractivity contribution in [2.45, 2.75) is 70.9 Å². The molecule has 2 amide bonds. The molecule has 2 aliphatic heterocycles. The predicted octanol–water partition coefficient (Wildman–Crippen LogP) is 5.07. The minimum absolute atomic E-state index is 0.0445. The Morgan fingerprint density at radius 2 is 1.69 bits per heavy atom. The Kier molecular flexibility index (Phi) is 8.32. The minimum atomic E-state index is -4.14. The largest absolute Gasteiger partial charge is 0.475 e. The summed E-state index contributed by atoms with van der Waals surface area (Å²) in [6.07, 6.45) is 2.25. The number of hydrogen-bond acceptors (Lipinski definition) is 7. The topological polar surface area (TPSA) is 122 Å². The molecule has 3 aliphatic rings. The molecule has 1 unspecified atom stereocenters. The van der Waals surface area contributed by atoms with Crippen LogP contribution in [0.5, 0.6) is 5.88 Å². The van der Waals surface area contributed by atoms with Crippen LogP contribution in [0.2, 0.25) is 0 Å². The summed E-state index contributed by atoms with van der Waals surface area (Å²) >= 11 is 0. The fourth-order valence-corrected chi connectivity index (χ4v) is 8.37. The van der Waals surface area contributed by atoms with Gasteiger partial charge in [-0.1, -0.05) is 38.1 Å². The van der Waals surface area contributed by atoms with Crippen molar-refractivity contribution in [1.29, 1.82) is 0 Å². The molecule has 10 nitrogen and oxygen atoms in total. The molecule has 3 aromatic rings. The lowest BCUT2D eigenvalue weighted by Gasteiger charge is -2.38. The quantitative estimate of drug-likeness (QED) is 0.427. The van der Waals surface area contributed by atoms with Crippen LogP contribution in [-0.4, -0.2) is 71.8 Å². The van der Waals surface area contributed by atoms with E-state index < -0.39 is 10.0 Å². The SMILES string of the molecule is CC(=O)N1C[C@H]2CC(N3C(=O)c4cccc(c4)S(=O)(=O)Nc4nc(cc(-c5c(C)cccc5C)n4)OC[C@H]3CC(C)C)C[C@H]2C1. The molecule has 11 heteroatoms. The number of carbonyl (C=O) groups is 2. The molecule has 2 fully saturated rings. The zero-order valence-corrected chi connectivity index (χ0v) is 27.3. The standard InChI is InChI=1S/C34H41N5O5S/c1-20(2)12-28-19-44-31-16-30(32-21(3)8-6-9-22(32)4)35-34(36-31)37-45(42,43)29-11-7-10-24(15-29)33(41)39(28)27-13-25-17-38(23(5)40)18-26(25)14-27/h6-11,15-16,20,25-28H,12-14,17-19H2,1-5H3,(H,35,36,37)/t25-,26+,27?,28-/m1/s1. The Morgan fingerprint density at radius 1 is 1.02 bits per heavy atom. The van der Waals surface area contributed by atoms with Gasteiger partial charge in [0.15, 0.2) is 0 Å². The summed E-state index contributed by atoms with van der Waals surface area (Å²) in [6.45, 7) is 11.4. The summed E-state index contributed by atoms with van der Waals surface area (Å²) in [5, 5.41) is 0. The smallest absolute Gasteiger partial charge is 0.264 e. The molecular weight excluding hydrogens is 590 g/mol. The Hall–Kier alpha value is -3.99. The number of benzene rings is 2. The van der Waals surface area contributed by atoms with Crippen LogP contribution in [0.4, 0.5) is 5.95 Å². The molecule has 0 spiro atoms. The fourth-order valence-electron chi connectivity index (χ4n) is 7.39. The lowest BCUT2D eigenvalue weighted by Crippen LogP contribution is -2.50.